The summed E-state index contributed by atoms with van der Waals surface area (Å²) >= 11 is 1.73. The van der Waals surface area contributed by atoms with E-state index in [9.17, 15) is 0 Å². The van der Waals surface area contributed by atoms with Gasteiger partial charge in [0.05, 0.1) is 23.9 Å². The minimum atomic E-state index is 0.0346. The number of hydrogen-bond donors (Lipinski definition) is 1. The molecule has 0 unspecified atom stereocenters. The molecule has 0 aliphatic carbocycles. The molecular formula is C13H17N3S. The number of nitrogens with zero attached hydrogens (tertiary/aromatic N) is 2. The van der Waals surface area contributed by atoms with Gasteiger partial charge in [0, 0.05) is 10.9 Å². The number of para-hydroxylation sites is 1. The maximum absolute atomic E-state index is 6.10. The van der Waals surface area contributed by atoms with Gasteiger partial charge in [0.15, 0.2) is 0 Å². The first kappa shape index (κ1) is 12.2. The molecule has 4 heteroatoms. The minimum absolute atomic E-state index is 0.0346. The lowest BCUT2D eigenvalue weighted by molar-refractivity contribution is 0.658. The molecule has 0 saturated heterocycles. The van der Waals surface area contributed by atoms with Crippen molar-refractivity contribution in [1.82, 2.24) is 9.55 Å². The second-order valence-corrected chi connectivity index (χ2v) is 4.72. The molecule has 0 aliphatic heterocycles. The quantitative estimate of drug-likeness (QED) is 0.845. The van der Waals surface area contributed by atoms with E-state index >= 15 is 0 Å². The fraction of sp³-hybridized carbons (Fsp3) is 0.308. The van der Waals surface area contributed by atoms with Crippen LogP contribution in [0.25, 0.3) is 5.69 Å². The summed E-state index contributed by atoms with van der Waals surface area (Å²) in [5.41, 5.74) is 8.31. The first-order valence-corrected chi connectivity index (χ1v) is 6.91. The van der Waals surface area contributed by atoms with Crippen molar-refractivity contribution < 1.29 is 0 Å². The molecule has 17 heavy (non-hydrogen) atoms. The zero-order valence-corrected chi connectivity index (χ0v) is 10.9. The second kappa shape index (κ2) is 5.38. The number of imidazole rings is 1. The average Bonchev–Trinajstić information content (AvgIpc) is 2.86. The van der Waals surface area contributed by atoms with Crippen LogP contribution >= 0.6 is 11.8 Å². The summed E-state index contributed by atoms with van der Waals surface area (Å²) in [6.07, 6.45) is 6.67. The Kier molecular flexibility index (Phi) is 3.86. The van der Waals surface area contributed by atoms with Crippen LogP contribution in [0.3, 0.4) is 0 Å². The number of hydrogen-bond acceptors (Lipinski definition) is 3. The van der Waals surface area contributed by atoms with Crippen LogP contribution in [0.4, 0.5) is 0 Å². The van der Waals surface area contributed by atoms with E-state index in [1.54, 1.807) is 11.8 Å². The second-order valence-electron chi connectivity index (χ2n) is 3.88. The largest absolute Gasteiger partial charge is 0.323 e. The monoisotopic (exact) mass is 247 g/mol. The number of nitrogens with two attached hydrogens (primary N) is 1. The fourth-order valence-electron chi connectivity index (χ4n) is 1.82. The van der Waals surface area contributed by atoms with E-state index in [1.807, 2.05) is 24.7 Å². The van der Waals surface area contributed by atoms with Gasteiger partial charge in [0.2, 0.25) is 0 Å². The number of aromatic nitrogens is 2. The normalized spacial score (nSPS) is 12.6. The highest BCUT2D eigenvalue weighted by molar-refractivity contribution is 7.98. The van der Waals surface area contributed by atoms with Gasteiger partial charge in [-0.25, -0.2) is 4.98 Å². The summed E-state index contributed by atoms with van der Waals surface area (Å²) in [6, 6.07) is 8.33. The molecule has 0 radical (unpaired) electrons. The molecule has 2 N–H and O–H groups in total. The van der Waals surface area contributed by atoms with Crippen LogP contribution in [-0.2, 0) is 0 Å². The van der Waals surface area contributed by atoms with Crippen molar-refractivity contribution >= 4 is 11.8 Å². The minimum Gasteiger partial charge on any atom is -0.323 e. The van der Waals surface area contributed by atoms with Crippen LogP contribution in [-0.4, -0.2) is 15.8 Å². The van der Waals surface area contributed by atoms with Crippen molar-refractivity contribution in [1.29, 1.82) is 0 Å². The smallest absolute Gasteiger partial charge is 0.0995 e. The van der Waals surface area contributed by atoms with Crippen molar-refractivity contribution in [3.8, 4) is 5.69 Å². The molecular weight excluding hydrogens is 230 g/mol. The van der Waals surface area contributed by atoms with Gasteiger partial charge in [-0.05, 0) is 24.8 Å². The van der Waals surface area contributed by atoms with E-state index < -0.39 is 0 Å². The Bertz CT molecular complexity index is 493. The Balaban J connectivity index is 2.49. The van der Waals surface area contributed by atoms with E-state index in [0.717, 1.165) is 17.8 Å². The molecule has 0 spiro atoms. The zero-order valence-electron chi connectivity index (χ0n) is 10.1. The third-order valence-electron chi connectivity index (χ3n) is 2.83. The summed E-state index contributed by atoms with van der Waals surface area (Å²) in [5, 5.41) is 0. The fourth-order valence-corrected chi connectivity index (χ4v) is 2.41. The van der Waals surface area contributed by atoms with Gasteiger partial charge < -0.3 is 10.3 Å². The summed E-state index contributed by atoms with van der Waals surface area (Å²) in [6.45, 7) is 2.09. The Labute approximate surface area is 106 Å². The first-order valence-electron chi connectivity index (χ1n) is 5.69. The maximum Gasteiger partial charge on any atom is 0.0995 e. The van der Waals surface area contributed by atoms with E-state index in [4.69, 9.17) is 5.73 Å². The van der Waals surface area contributed by atoms with Crippen LogP contribution in [0.2, 0.25) is 0 Å². The van der Waals surface area contributed by atoms with Crippen molar-refractivity contribution in [3.05, 3.63) is 42.5 Å². The zero-order chi connectivity index (χ0) is 12.3. The van der Waals surface area contributed by atoms with E-state index in [0.29, 0.717) is 0 Å². The van der Waals surface area contributed by atoms with Crippen LogP contribution < -0.4 is 5.73 Å². The van der Waals surface area contributed by atoms with Gasteiger partial charge in [0.1, 0.15) is 0 Å². The van der Waals surface area contributed by atoms with Crippen molar-refractivity contribution in [2.45, 2.75) is 24.3 Å². The molecule has 2 rings (SSSR count). The molecule has 1 aromatic heterocycles. The highest BCUT2D eigenvalue weighted by Gasteiger charge is 2.12. The molecule has 0 amide bonds. The highest BCUT2D eigenvalue weighted by Crippen LogP contribution is 2.26. The van der Waals surface area contributed by atoms with Gasteiger partial charge >= 0.3 is 0 Å². The predicted molar refractivity (Wildman–Crippen MR) is 72.6 cm³/mol. The third kappa shape index (κ3) is 2.37. The molecule has 1 aromatic carbocycles. The summed E-state index contributed by atoms with van der Waals surface area (Å²) in [7, 11) is 0. The van der Waals surface area contributed by atoms with Crippen molar-refractivity contribution in [2.75, 3.05) is 6.26 Å². The summed E-state index contributed by atoms with van der Waals surface area (Å²) in [5.74, 6) is 0. The van der Waals surface area contributed by atoms with Crippen LogP contribution in [0.5, 0.6) is 0 Å². The van der Waals surface area contributed by atoms with Crippen molar-refractivity contribution in [2.24, 2.45) is 5.73 Å². The first-order chi connectivity index (χ1) is 8.27. The number of rotatable bonds is 4. The Morgan fingerprint density at radius 1 is 1.41 bits per heavy atom. The van der Waals surface area contributed by atoms with Gasteiger partial charge in [-0.3, -0.25) is 0 Å². The molecule has 1 heterocycles. The average molecular weight is 247 g/mol. The molecule has 90 valence electrons. The SMILES string of the molecule is CC[C@@H](N)c1cncn1-c1ccccc1SC. The van der Waals surface area contributed by atoms with Gasteiger partial charge in [-0.1, -0.05) is 19.1 Å². The Morgan fingerprint density at radius 2 is 2.18 bits per heavy atom. The Morgan fingerprint density at radius 3 is 2.88 bits per heavy atom. The predicted octanol–water partition coefficient (Wildman–Crippen LogP) is 3.00. The molecule has 2 aromatic rings. The van der Waals surface area contributed by atoms with E-state index in [1.165, 1.54) is 4.90 Å². The standard InChI is InChI=1S/C13H17N3S/c1-3-10(14)12-8-15-9-16(12)11-6-4-5-7-13(11)17-2/h4-10H,3,14H2,1-2H3/t10-/m1/s1. The van der Waals surface area contributed by atoms with Crippen molar-refractivity contribution in [3.63, 3.8) is 0 Å². The summed E-state index contributed by atoms with van der Waals surface area (Å²) in [4.78, 5) is 5.45. The third-order valence-corrected chi connectivity index (χ3v) is 3.62. The van der Waals surface area contributed by atoms with E-state index in [2.05, 4.69) is 34.9 Å². The molecule has 0 bridgehead atoms. The van der Waals surface area contributed by atoms with Crippen LogP contribution in [0.15, 0.2) is 41.7 Å². The number of thioether (sulfide) groups is 1. The molecule has 0 saturated carbocycles. The lowest BCUT2D eigenvalue weighted by Crippen LogP contribution is -2.13. The molecule has 3 nitrogen and oxygen atoms in total. The van der Waals surface area contributed by atoms with Gasteiger partial charge in [0.25, 0.3) is 0 Å². The van der Waals surface area contributed by atoms with Crippen LogP contribution in [0, 0.1) is 0 Å². The summed E-state index contributed by atoms with van der Waals surface area (Å²) < 4.78 is 2.08. The van der Waals surface area contributed by atoms with Gasteiger partial charge in [-0.2, -0.15) is 0 Å². The lowest BCUT2D eigenvalue weighted by Gasteiger charge is -2.15. The molecule has 1 atom stereocenters. The maximum atomic E-state index is 6.10. The topological polar surface area (TPSA) is 43.8 Å². The Hall–Kier alpha value is -1.26. The van der Waals surface area contributed by atoms with Gasteiger partial charge in [-0.15, -0.1) is 11.8 Å². The highest BCUT2D eigenvalue weighted by atomic mass is 32.2. The van der Waals surface area contributed by atoms with Crippen LogP contribution in [0.1, 0.15) is 25.1 Å². The molecule has 0 fully saturated rings. The van der Waals surface area contributed by atoms with E-state index in [-0.39, 0.29) is 6.04 Å². The lowest BCUT2D eigenvalue weighted by atomic mass is 10.2. The number of benzene rings is 1. The molecule has 0 aliphatic rings.